The summed E-state index contributed by atoms with van der Waals surface area (Å²) in [7, 11) is 0. The largest absolute Gasteiger partial charge is 0.349 e. The summed E-state index contributed by atoms with van der Waals surface area (Å²) in [6.45, 7) is 1.79. The fourth-order valence-corrected chi connectivity index (χ4v) is 3.29. The third kappa shape index (κ3) is 3.35. The van der Waals surface area contributed by atoms with Crippen LogP contribution in [-0.4, -0.2) is 11.8 Å². The molecule has 3 rings (SSSR count). The highest BCUT2D eigenvalue weighted by molar-refractivity contribution is 6.53. The number of hydrogen-bond acceptors (Lipinski definition) is 3. The second-order valence-electron chi connectivity index (χ2n) is 5.30. The average molecular weight is 416 g/mol. The maximum absolute atomic E-state index is 12.7. The Bertz CT molecular complexity index is 920. The number of imide groups is 1. The standard InChI is InChI=1S/C17H10Cl4N2O2/c1-8-12(20)3-2-4-13(8)22-15-14(21)16(24)23(17(15)25)11-6-9(18)5-10(19)7-11/h2-7,22H,1H3. The van der Waals surface area contributed by atoms with E-state index in [0.717, 1.165) is 10.5 Å². The Morgan fingerprint density at radius 3 is 2.20 bits per heavy atom. The van der Waals surface area contributed by atoms with Gasteiger partial charge in [0.1, 0.15) is 10.7 Å². The summed E-state index contributed by atoms with van der Waals surface area (Å²) in [5.41, 5.74) is 1.51. The van der Waals surface area contributed by atoms with Crippen molar-refractivity contribution >= 4 is 69.6 Å². The van der Waals surface area contributed by atoms with Gasteiger partial charge in [-0.05, 0) is 42.8 Å². The van der Waals surface area contributed by atoms with E-state index in [9.17, 15) is 9.59 Å². The number of halogens is 4. The number of hydrogen-bond donors (Lipinski definition) is 1. The molecule has 0 spiro atoms. The third-order valence-electron chi connectivity index (χ3n) is 3.66. The van der Waals surface area contributed by atoms with Gasteiger partial charge in [-0.3, -0.25) is 9.59 Å². The maximum atomic E-state index is 12.7. The van der Waals surface area contributed by atoms with E-state index >= 15 is 0 Å². The summed E-state index contributed by atoms with van der Waals surface area (Å²) >= 11 is 24.1. The van der Waals surface area contributed by atoms with Crippen LogP contribution in [0, 0.1) is 6.92 Å². The van der Waals surface area contributed by atoms with Gasteiger partial charge in [0.2, 0.25) is 0 Å². The molecule has 4 nitrogen and oxygen atoms in total. The van der Waals surface area contributed by atoms with Crippen molar-refractivity contribution in [3.63, 3.8) is 0 Å². The number of nitrogens with zero attached hydrogens (tertiary/aromatic N) is 1. The van der Waals surface area contributed by atoms with E-state index in [1.807, 2.05) is 0 Å². The number of anilines is 2. The Morgan fingerprint density at radius 1 is 0.920 bits per heavy atom. The molecule has 0 aliphatic carbocycles. The zero-order valence-corrected chi connectivity index (χ0v) is 15.8. The maximum Gasteiger partial charge on any atom is 0.283 e. The van der Waals surface area contributed by atoms with Gasteiger partial charge in [0, 0.05) is 20.8 Å². The van der Waals surface area contributed by atoms with Crippen molar-refractivity contribution < 1.29 is 9.59 Å². The average Bonchev–Trinajstić information content (AvgIpc) is 2.74. The number of nitrogens with one attached hydrogen (secondary N) is 1. The molecule has 0 bridgehead atoms. The molecule has 8 heteroatoms. The second-order valence-corrected chi connectivity index (χ2v) is 6.96. The number of carbonyl (C=O) groups is 2. The molecule has 2 aromatic rings. The van der Waals surface area contributed by atoms with Gasteiger partial charge in [0.05, 0.1) is 5.69 Å². The van der Waals surface area contributed by atoms with Gasteiger partial charge in [0.25, 0.3) is 11.8 Å². The molecule has 0 atom stereocenters. The molecular weight excluding hydrogens is 406 g/mol. The minimum Gasteiger partial charge on any atom is -0.349 e. The van der Waals surface area contributed by atoms with Gasteiger partial charge in [-0.25, -0.2) is 4.90 Å². The fraction of sp³-hybridized carbons (Fsp3) is 0.0588. The molecule has 0 fully saturated rings. The molecule has 0 saturated heterocycles. The molecule has 25 heavy (non-hydrogen) atoms. The van der Waals surface area contributed by atoms with Crippen molar-refractivity contribution in [2.24, 2.45) is 0 Å². The van der Waals surface area contributed by atoms with Crippen molar-refractivity contribution in [2.75, 3.05) is 10.2 Å². The Balaban J connectivity index is 1.98. The predicted octanol–water partition coefficient (Wildman–Crippen LogP) is 5.39. The van der Waals surface area contributed by atoms with Gasteiger partial charge in [-0.2, -0.15) is 0 Å². The van der Waals surface area contributed by atoms with Crippen LogP contribution in [0.25, 0.3) is 0 Å². The molecule has 0 saturated carbocycles. The topological polar surface area (TPSA) is 49.4 Å². The van der Waals surface area contributed by atoms with Gasteiger partial charge in [-0.1, -0.05) is 52.5 Å². The molecule has 0 aromatic heterocycles. The van der Waals surface area contributed by atoms with E-state index in [1.54, 1.807) is 25.1 Å². The van der Waals surface area contributed by atoms with Crippen LogP contribution in [0.5, 0.6) is 0 Å². The van der Waals surface area contributed by atoms with Crippen LogP contribution < -0.4 is 10.2 Å². The zero-order chi connectivity index (χ0) is 18.3. The summed E-state index contributed by atoms with van der Waals surface area (Å²) in [5, 5.41) is 3.79. The van der Waals surface area contributed by atoms with E-state index in [-0.39, 0.29) is 16.4 Å². The van der Waals surface area contributed by atoms with Crippen LogP contribution >= 0.6 is 46.4 Å². The summed E-state index contributed by atoms with van der Waals surface area (Å²) in [4.78, 5) is 26.1. The number of benzene rings is 2. The molecule has 2 amide bonds. The van der Waals surface area contributed by atoms with E-state index in [4.69, 9.17) is 46.4 Å². The smallest absolute Gasteiger partial charge is 0.283 e. The van der Waals surface area contributed by atoms with E-state index in [0.29, 0.717) is 20.8 Å². The summed E-state index contributed by atoms with van der Waals surface area (Å²) in [5.74, 6) is -1.26. The molecular formula is C17H10Cl4N2O2. The molecule has 128 valence electrons. The Labute approximate surface area is 163 Å². The lowest BCUT2D eigenvalue weighted by Crippen LogP contribution is -2.32. The molecule has 1 aliphatic heterocycles. The van der Waals surface area contributed by atoms with Crippen molar-refractivity contribution in [1.82, 2.24) is 0 Å². The van der Waals surface area contributed by atoms with Crippen molar-refractivity contribution in [1.29, 1.82) is 0 Å². The first kappa shape index (κ1) is 18.1. The summed E-state index contributed by atoms with van der Waals surface area (Å²) in [6.07, 6.45) is 0. The highest BCUT2D eigenvalue weighted by Gasteiger charge is 2.39. The van der Waals surface area contributed by atoms with Crippen molar-refractivity contribution in [3.8, 4) is 0 Å². The van der Waals surface area contributed by atoms with Crippen LogP contribution in [-0.2, 0) is 9.59 Å². The monoisotopic (exact) mass is 414 g/mol. The molecule has 1 N–H and O–H groups in total. The lowest BCUT2D eigenvalue weighted by atomic mass is 10.2. The van der Waals surface area contributed by atoms with Gasteiger partial charge in [-0.15, -0.1) is 0 Å². The van der Waals surface area contributed by atoms with Crippen LogP contribution in [0.15, 0.2) is 47.1 Å². The quantitative estimate of drug-likeness (QED) is 0.683. The molecule has 1 heterocycles. The Kier molecular flexibility index (Phi) is 4.98. The molecule has 1 aliphatic rings. The first-order chi connectivity index (χ1) is 11.8. The summed E-state index contributed by atoms with van der Waals surface area (Å²) < 4.78 is 0. The highest BCUT2D eigenvalue weighted by atomic mass is 35.5. The van der Waals surface area contributed by atoms with Crippen LogP contribution in [0.1, 0.15) is 5.56 Å². The lowest BCUT2D eigenvalue weighted by Gasteiger charge is -2.16. The predicted molar refractivity (Wildman–Crippen MR) is 102 cm³/mol. The summed E-state index contributed by atoms with van der Waals surface area (Å²) in [6, 6.07) is 9.60. The number of amides is 2. The van der Waals surface area contributed by atoms with Crippen molar-refractivity contribution in [3.05, 3.63) is 67.8 Å². The zero-order valence-electron chi connectivity index (χ0n) is 12.7. The van der Waals surface area contributed by atoms with Gasteiger partial charge < -0.3 is 5.32 Å². The molecule has 0 unspecified atom stereocenters. The number of carbonyl (C=O) groups excluding carboxylic acids is 2. The second kappa shape index (κ2) is 6.89. The molecule has 0 radical (unpaired) electrons. The highest BCUT2D eigenvalue weighted by Crippen LogP contribution is 2.34. The fourth-order valence-electron chi connectivity index (χ4n) is 2.39. The van der Waals surface area contributed by atoms with Gasteiger partial charge in [0.15, 0.2) is 0 Å². The van der Waals surface area contributed by atoms with E-state index in [2.05, 4.69) is 5.32 Å². The van der Waals surface area contributed by atoms with Crippen LogP contribution in [0.3, 0.4) is 0 Å². The minimum atomic E-state index is -0.660. The van der Waals surface area contributed by atoms with Gasteiger partial charge >= 0.3 is 0 Å². The van der Waals surface area contributed by atoms with E-state index in [1.165, 1.54) is 18.2 Å². The first-order valence-corrected chi connectivity index (χ1v) is 8.57. The van der Waals surface area contributed by atoms with Crippen LogP contribution in [0.2, 0.25) is 15.1 Å². The third-order valence-corrected chi connectivity index (χ3v) is 4.86. The van der Waals surface area contributed by atoms with Crippen LogP contribution in [0.4, 0.5) is 11.4 Å². The first-order valence-electron chi connectivity index (χ1n) is 7.06. The lowest BCUT2D eigenvalue weighted by molar-refractivity contribution is -0.120. The van der Waals surface area contributed by atoms with Crippen molar-refractivity contribution in [2.45, 2.75) is 6.92 Å². The Morgan fingerprint density at radius 2 is 1.56 bits per heavy atom. The normalized spacial score (nSPS) is 14.5. The SMILES string of the molecule is Cc1c(Cl)cccc1NC1=C(Cl)C(=O)N(c2cc(Cl)cc(Cl)c2)C1=O. The minimum absolute atomic E-state index is 0.0341. The van der Waals surface area contributed by atoms with E-state index < -0.39 is 11.8 Å². The number of rotatable bonds is 3. The Hall–Kier alpha value is -1.72. The molecule has 2 aromatic carbocycles.